The maximum absolute atomic E-state index is 4.47. The molecule has 0 aliphatic rings. The monoisotopic (exact) mass is 324 g/mol. The number of pyridine rings is 2. The topological polar surface area (TPSA) is 51.6 Å². The second-order valence-electron chi connectivity index (χ2n) is 5.79. The highest BCUT2D eigenvalue weighted by Crippen LogP contribution is 2.31. The molecule has 1 aromatic carbocycles. The number of aryl methyl sites for hydroxylation is 1. The van der Waals surface area contributed by atoms with Crippen molar-refractivity contribution >= 4 is 0 Å². The van der Waals surface area contributed by atoms with E-state index in [0.29, 0.717) is 0 Å². The maximum Gasteiger partial charge on any atom is 0.119 e. The average molecular weight is 324 g/mol. The Morgan fingerprint density at radius 3 is 1.96 bits per heavy atom. The van der Waals surface area contributed by atoms with E-state index in [0.717, 1.165) is 33.9 Å². The first-order chi connectivity index (χ1) is 12.3. The van der Waals surface area contributed by atoms with Crippen LogP contribution in [0.1, 0.15) is 5.56 Å². The lowest BCUT2D eigenvalue weighted by Crippen LogP contribution is -1.97. The van der Waals surface area contributed by atoms with Gasteiger partial charge in [-0.05, 0) is 42.8 Å². The fourth-order valence-corrected chi connectivity index (χ4v) is 2.68. The summed E-state index contributed by atoms with van der Waals surface area (Å²) in [7, 11) is 0. The van der Waals surface area contributed by atoms with Gasteiger partial charge in [0.1, 0.15) is 11.4 Å². The third kappa shape index (κ3) is 3.15. The van der Waals surface area contributed by atoms with E-state index in [-0.39, 0.29) is 0 Å². The van der Waals surface area contributed by atoms with Crippen LogP contribution in [0.5, 0.6) is 0 Å². The Morgan fingerprint density at radius 1 is 0.640 bits per heavy atom. The predicted octanol–water partition coefficient (Wildman–Crippen LogP) is 4.58. The van der Waals surface area contributed by atoms with Crippen LogP contribution >= 0.6 is 0 Å². The van der Waals surface area contributed by atoms with Crippen LogP contribution in [-0.2, 0) is 0 Å². The molecular weight excluding hydrogens is 308 g/mol. The van der Waals surface area contributed by atoms with E-state index >= 15 is 0 Å². The largest absolute Gasteiger partial charge is 0.255 e. The number of hydrogen-bond donors (Lipinski definition) is 0. The van der Waals surface area contributed by atoms with Crippen LogP contribution in [0.25, 0.3) is 33.9 Å². The summed E-state index contributed by atoms with van der Waals surface area (Å²) >= 11 is 0. The van der Waals surface area contributed by atoms with Crippen molar-refractivity contribution in [1.82, 2.24) is 20.2 Å². The summed E-state index contributed by atoms with van der Waals surface area (Å²) in [4.78, 5) is 8.82. The molecule has 3 aromatic heterocycles. The molecule has 0 atom stereocenters. The molecule has 4 nitrogen and oxygen atoms in total. The van der Waals surface area contributed by atoms with Gasteiger partial charge in [0.15, 0.2) is 0 Å². The Morgan fingerprint density at radius 2 is 1.32 bits per heavy atom. The van der Waals surface area contributed by atoms with Crippen LogP contribution in [0, 0.1) is 6.92 Å². The first-order valence-corrected chi connectivity index (χ1v) is 8.09. The number of benzene rings is 1. The molecule has 4 heteroatoms. The number of nitrogens with zero attached hydrogens (tertiary/aromatic N) is 4. The van der Waals surface area contributed by atoms with Gasteiger partial charge in [0.2, 0.25) is 0 Å². The standard InChI is InChI=1S/C21H16N4/c1-15-8-10-16(11-9-15)17-14-20(18-6-2-4-12-22-18)24-25-21(17)19-7-3-5-13-23-19/h2-14H,1H3. The lowest BCUT2D eigenvalue weighted by atomic mass is 10.00. The Kier molecular flexibility index (Phi) is 4.01. The predicted molar refractivity (Wildman–Crippen MR) is 98.7 cm³/mol. The lowest BCUT2D eigenvalue weighted by molar-refractivity contribution is 1.03. The fourth-order valence-electron chi connectivity index (χ4n) is 2.68. The van der Waals surface area contributed by atoms with Crippen molar-refractivity contribution in [3.8, 4) is 33.9 Å². The van der Waals surface area contributed by atoms with Crippen molar-refractivity contribution in [3.05, 3.63) is 84.7 Å². The highest BCUT2D eigenvalue weighted by molar-refractivity contribution is 5.81. The van der Waals surface area contributed by atoms with Crippen molar-refractivity contribution in [2.24, 2.45) is 0 Å². The van der Waals surface area contributed by atoms with Gasteiger partial charge in [0.25, 0.3) is 0 Å². The Bertz CT molecular complexity index is 981. The van der Waals surface area contributed by atoms with Crippen LogP contribution < -0.4 is 0 Å². The zero-order valence-corrected chi connectivity index (χ0v) is 13.8. The van der Waals surface area contributed by atoms with Gasteiger partial charge in [0, 0.05) is 18.0 Å². The highest BCUT2D eigenvalue weighted by Gasteiger charge is 2.13. The first kappa shape index (κ1) is 15.1. The third-order valence-corrected chi connectivity index (χ3v) is 3.99. The first-order valence-electron chi connectivity index (χ1n) is 8.09. The second-order valence-corrected chi connectivity index (χ2v) is 5.79. The zero-order chi connectivity index (χ0) is 17.1. The van der Waals surface area contributed by atoms with Gasteiger partial charge in [-0.2, -0.15) is 0 Å². The van der Waals surface area contributed by atoms with E-state index in [1.165, 1.54) is 5.56 Å². The quantitative estimate of drug-likeness (QED) is 0.553. The van der Waals surface area contributed by atoms with Crippen LogP contribution in [0.4, 0.5) is 0 Å². The molecule has 0 aliphatic heterocycles. The van der Waals surface area contributed by atoms with Crippen LogP contribution in [0.3, 0.4) is 0 Å². The molecule has 0 fully saturated rings. The van der Waals surface area contributed by atoms with Gasteiger partial charge in [-0.15, -0.1) is 10.2 Å². The van der Waals surface area contributed by atoms with E-state index in [1.54, 1.807) is 12.4 Å². The normalized spacial score (nSPS) is 10.6. The van der Waals surface area contributed by atoms with Crippen LogP contribution in [0.15, 0.2) is 79.1 Å². The molecule has 4 rings (SSSR count). The smallest absolute Gasteiger partial charge is 0.119 e. The Hall–Kier alpha value is -3.40. The minimum absolute atomic E-state index is 0.746. The minimum Gasteiger partial charge on any atom is -0.255 e. The molecule has 0 unspecified atom stereocenters. The van der Waals surface area contributed by atoms with Crippen molar-refractivity contribution in [3.63, 3.8) is 0 Å². The molecule has 25 heavy (non-hydrogen) atoms. The molecule has 4 aromatic rings. The van der Waals surface area contributed by atoms with Crippen LogP contribution in [-0.4, -0.2) is 20.2 Å². The Labute approximate surface area is 146 Å². The van der Waals surface area contributed by atoms with E-state index in [1.807, 2.05) is 42.5 Å². The van der Waals surface area contributed by atoms with Crippen molar-refractivity contribution < 1.29 is 0 Å². The van der Waals surface area contributed by atoms with Gasteiger partial charge in [0.05, 0.1) is 11.4 Å². The lowest BCUT2D eigenvalue weighted by Gasteiger charge is -2.10. The molecule has 0 saturated heterocycles. The summed E-state index contributed by atoms with van der Waals surface area (Å²) in [6.07, 6.45) is 3.53. The van der Waals surface area contributed by atoms with Crippen molar-refractivity contribution in [1.29, 1.82) is 0 Å². The van der Waals surface area contributed by atoms with Crippen molar-refractivity contribution in [2.75, 3.05) is 0 Å². The molecule has 0 spiro atoms. The van der Waals surface area contributed by atoms with E-state index in [9.17, 15) is 0 Å². The molecule has 0 saturated carbocycles. The summed E-state index contributed by atoms with van der Waals surface area (Å²) in [6.45, 7) is 2.08. The van der Waals surface area contributed by atoms with E-state index in [4.69, 9.17) is 0 Å². The summed E-state index contributed by atoms with van der Waals surface area (Å²) in [5.74, 6) is 0. The second kappa shape index (κ2) is 6.61. The molecule has 0 amide bonds. The van der Waals surface area contributed by atoms with Gasteiger partial charge < -0.3 is 0 Å². The molecule has 0 bridgehead atoms. The minimum atomic E-state index is 0.746. The third-order valence-electron chi connectivity index (χ3n) is 3.99. The fraction of sp³-hybridized carbons (Fsp3) is 0.0476. The SMILES string of the molecule is Cc1ccc(-c2cc(-c3ccccn3)nnc2-c2ccccn2)cc1. The molecule has 120 valence electrons. The molecule has 3 heterocycles. The average Bonchev–Trinajstić information content (AvgIpc) is 2.69. The van der Waals surface area contributed by atoms with Gasteiger partial charge >= 0.3 is 0 Å². The van der Waals surface area contributed by atoms with E-state index in [2.05, 4.69) is 51.4 Å². The number of hydrogen-bond acceptors (Lipinski definition) is 4. The number of rotatable bonds is 3. The highest BCUT2D eigenvalue weighted by atomic mass is 15.1. The summed E-state index contributed by atoms with van der Waals surface area (Å²) in [5.41, 5.74) is 6.41. The zero-order valence-electron chi connectivity index (χ0n) is 13.8. The molecule has 0 radical (unpaired) electrons. The van der Waals surface area contributed by atoms with Gasteiger partial charge in [-0.1, -0.05) is 42.0 Å². The van der Waals surface area contributed by atoms with Gasteiger partial charge in [-0.3, -0.25) is 9.97 Å². The van der Waals surface area contributed by atoms with Crippen LogP contribution in [0.2, 0.25) is 0 Å². The maximum atomic E-state index is 4.47. The van der Waals surface area contributed by atoms with Gasteiger partial charge in [-0.25, -0.2) is 0 Å². The number of aromatic nitrogens is 4. The Balaban J connectivity index is 1.91. The molecular formula is C21H16N4. The summed E-state index contributed by atoms with van der Waals surface area (Å²) < 4.78 is 0. The van der Waals surface area contributed by atoms with Crippen molar-refractivity contribution in [2.45, 2.75) is 6.92 Å². The summed E-state index contributed by atoms with van der Waals surface area (Å²) in [6, 6.07) is 22.0. The molecule has 0 N–H and O–H groups in total. The molecule has 0 aliphatic carbocycles. The summed E-state index contributed by atoms with van der Waals surface area (Å²) in [5, 5.41) is 8.85. The van der Waals surface area contributed by atoms with E-state index < -0.39 is 0 Å².